The molecular weight excluding hydrogens is 523 g/mol. The smallest absolute Gasteiger partial charge is 0.287 e. The Morgan fingerprint density at radius 1 is 0.895 bits per heavy atom. The van der Waals surface area contributed by atoms with E-state index in [1.165, 1.54) is 6.21 Å². The van der Waals surface area contributed by atoms with Gasteiger partial charge in [-0.3, -0.25) is 9.59 Å². The molecule has 4 rings (SSSR count). The van der Waals surface area contributed by atoms with Crippen molar-refractivity contribution in [3.05, 3.63) is 118 Å². The number of carbonyl (C=O) groups is 2. The van der Waals surface area contributed by atoms with Gasteiger partial charge in [0.15, 0.2) is 0 Å². The van der Waals surface area contributed by atoms with Crippen LogP contribution in [0.15, 0.2) is 100 Å². The van der Waals surface area contributed by atoms with Gasteiger partial charge in [0.25, 0.3) is 11.8 Å². The monoisotopic (exact) mass is 546 g/mol. The fourth-order valence-electron chi connectivity index (χ4n) is 3.44. The number of hydrazone groups is 1. The number of furan rings is 1. The maximum atomic E-state index is 13.0. The van der Waals surface area contributed by atoms with Gasteiger partial charge in [0.2, 0.25) is 0 Å². The number of nitrogens with zero attached hydrogens (tertiary/aromatic N) is 2. The zero-order valence-corrected chi connectivity index (χ0v) is 22.1. The predicted molar refractivity (Wildman–Crippen MR) is 153 cm³/mol. The quantitative estimate of drug-likeness (QED) is 0.155. The molecule has 3 aromatic carbocycles. The van der Waals surface area contributed by atoms with Gasteiger partial charge in [-0.25, -0.2) is 5.43 Å². The lowest BCUT2D eigenvalue weighted by Gasteiger charge is -2.13. The molecule has 0 aliphatic carbocycles. The number of halogens is 2. The van der Waals surface area contributed by atoms with Crippen LogP contribution in [0.5, 0.6) is 0 Å². The van der Waals surface area contributed by atoms with E-state index in [0.29, 0.717) is 22.1 Å². The lowest BCUT2D eigenvalue weighted by Crippen LogP contribution is -2.33. The van der Waals surface area contributed by atoms with Crippen molar-refractivity contribution >= 4 is 53.0 Å². The van der Waals surface area contributed by atoms with Crippen LogP contribution in [0, 0.1) is 0 Å². The molecule has 38 heavy (non-hydrogen) atoms. The molecule has 2 amide bonds. The number of rotatable bonds is 8. The summed E-state index contributed by atoms with van der Waals surface area (Å²) in [5.74, 6) is -0.0873. The van der Waals surface area contributed by atoms with Gasteiger partial charge < -0.3 is 14.6 Å². The van der Waals surface area contributed by atoms with Crippen molar-refractivity contribution in [1.82, 2.24) is 10.7 Å². The molecule has 0 saturated heterocycles. The second-order valence-corrected chi connectivity index (χ2v) is 9.23. The zero-order valence-electron chi connectivity index (χ0n) is 20.6. The molecule has 0 saturated carbocycles. The highest BCUT2D eigenvalue weighted by atomic mass is 35.5. The minimum Gasteiger partial charge on any atom is -0.455 e. The van der Waals surface area contributed by atoms with Crippen LogP contribution in [0.1, 0.15) is 21.7 Å². The summed E-state index contributed by atoms with van der Waals surface area (Å²) >= 11 is 12.1. The minimum atomic E-state index is -0.622. The highest BCUT2D eigenvalue weighted by Crippen LogP contribution is 2.23. The zero-order chi connectivity index (χ0) is 27.1. The van der Waals surface area contributed by atoms with Crippen LogP contribution in [0.25, 0.3) is 17.4 Å². The molecule has 0 radical (unpaired) electrons. The SMILES string of the molecule is CN(C)c1ccc(C=C(NC(=O)c2ccccc2Cl)C(=O)NN=Cc2ccc(-c3ccc(Cl)cc3)o2)cc1. The lowest BCUT2D eigenvalue weighted by molar-refractivity contribution is -0.117. The molecule has 0 bridgehead atoms. The molecule has 2 N–H and O–H groups in total. The molecule has 1 aromatic heterocycles. The van der Waals surface area contributed by atoms with Gasteiger partial charge in [-0.15, -0.1) is 0 Å². The van der Waals surface area contributed by atoms with Crippen molar-refractivity contribution in [2.45, 2.75) is 0 Å². The van der Waals surface area contributed by atoms with Crippen LogP contribution in [-0.2, 0) is 4.79 Å². The Morgan fingerprint density at radius 2 is 1.61 bits per heavy atom. The normalized spacial score (nSPS) is 11.4. The molecule has 4 aromatic rings. The van der Waals surface area contributed by atoms with E-state index in [1.54, 1.807) is 54.6 Å². The Kier molecular flexibility index (Phi) is 8.63. The van der Waals surface area contributed by atoms with Crippen molar-refractivity contribution in [1.29, 1.82) is 0 Å². The number of anilines is 1. The highest BCUT2D eigenvalue weighted by Gasteiger charge is 2.16. The van der Waals surface area contributed by atoms with E-state index in [4.69, 9.17) is 27.6 Å². The van der Waals surface area contributed by atoms with Crippen LogP contribution in [0.2, 0.25) is 10.0 Å². The largest absolute Gasteiger partial charge is 0.455 e. The van der Waals surface area contributed by atoms with Crippen LogP contribution in [0.3, 0.4) is 0 Å². The molecule has 0 spiro atoms. The standard InChI is InChI=1S/C29H24Cl2N4O3/c1-35(2)22-13-7-19(8-14-22)17-26(33-28(36)24-5-3-4-6-25(24)31)29(37)34-32-18-23-15-16-27(38-23)20-9-11-21(30)12-10-20/h3-18H,1-2H3,(H,33,36)(H,34,37). The summed E-state index contributed by atoms with van der Waals surface area (Å²) < 4.78 is 5.77. The van der Waals surface area contributed by atoms with E-state index >= 15 is 0 Å². The van der Waals surface area contributed by atoms with Crippen molar-refractivity contribution < 1.29 is 14.0 Å². The Hall–Kier alpha value is -4.33. The van der Waals surface area contributed by atoms with Gasteiger partial charge in [-0.05, 0) is 72.3 Å². The van der Waals surface area contributed by atoms with E-state index in [1.807, 2.05) is 55.4 Å². The van der Waals surface area contributed by atoms with Crippen molar-refractivity contribution in [2.75, 3.05) is 19.0 Å². The Morgan fingerprint density at radius 3 is 2.29 bits per heavy atom. The van der Waals surface area contributed by atoms with Gasteiger partial charge >= 0.3 is 0 Å². The summed E-state index contributed by atoms with van der Waals surface area (Å²) in [6, 6.07) is 24.8. The molecule has 9 heteroatoms. The fourth-order valence-corrected chi connectivity index (χ4v) is 3.78. The van der Waals surface area contributed by atoms with Gasteiger partial charge in [0, 0.05) is 30.4 Å². The summed E-state index contributed by atoms with van der Waals surface area (Å²) in [5.41, 5.74) is 5.23. The molecule has 7 nitrogen and oxygen atoms in total. The first-order chi connectivity index (χ1) is 18.3. The molecular formula is C29H24Cl2N4O3. The number of carbonyl (C=O) groups excluding carboxylic acids is 2. The lowest BCUT2D eigenvalue weighted by atomic mass is 10.1. The highest BCUT2D eigenvalue weighted by molar-refractivity contribution is 6.34. The first kappa shape index (κ1) is 26.7. The number of amides is 2. The number of hydrogen-bond donors (Lipinski definition) is 2. The first-order valence-electron chi connectivity index (χ1n) is 11.5. The van der Waals surface area contributed by atoms with Crippen LogP contribution in [0.4, 0.5) is 5.69 Å². The second kappa shape index (κ2) is 12.3. The summed E-state index contributed by atoms with van der Waals surface area (Å²) in [6.45, 7) is 0. The van der Waals surface area contributed by atoms with Crippen LogP contribution in [-0.4, -0.2) is 32.1 Å². The molecule has 192 valence electrons. The predicted octanol–water partition coefficient (Wildman–Crippen LogP) is 6.24. The molecule has 0 aliphatic heterocycles. The fraction of sp³-hybridized carbons (Fsp3) is 0.0690. The molecule has 0 unspecified atom stereocenters. The van der Waals surface area contributed by atoms with E-state index in [9.17, 15) is 9.59 Å². The summed E-state index contributed by atoms with van der Waals surface area (Å²) in [5, 5.41) is 7.54. The second-order valence-electron chi connectivity index (χ2n) is 8.39. The van der Waals surface area contributed by atoms with Crippen molar-refractivity contribution in [3.8, 4) is 11.3 Å². The Labute approximate surface area is 230 Å². The molecule has 0 fully saturated rings. The summed E-state index contributed by atoms with van der Waals surface area (Å²) in [4.78, 5) is 27.9. The molecule has 0 aliphatic rings. The molecule has 1 heterocycles. The third-order valence-corrected chi connectivity index (χ3v) is 6.03. The average molecular weight is 547 g/mol. The van der Waals surface area contributed by atoms with Crippen molar-refractivity contribution in [3.63, 3.8) is 0 Å². The van der Waals surface area contributed by atoms with E-state index in [2.05, 4.69) is 15.8 Å². The van der Waals surface area contributed by atoms with E-state index in [-0.39, 0.29) is 16.3 Å². The van der Waals surface area contributed by atoms with E-state index in [0.717, 1.165) is 11.3 Å². The average Bonchev–Trinajstić information content (AvgIpc) is 3.38. The van der Waals surface area contributed by atoms with E-state index < -0.39 is 11.8 Å². The van der Waals surface area contributed by atoms with Gasteiger partial charge in [-0.1, -0.05) is 47.5 Å². The number of nitrogens with one attached hydrogen (secondary N) is 2. The number of benzene rings is 3. The van der Waals surface area contributed by atoms with Gasteiger partial charge in [-0.2, -0.15) is 5.10 Å². The van der Waals surface area contributed by atoms with Crippen molar-refractivity contribution in [2.24, 2.45) is 5.10 Å². The maximum absolute atomic E-state index is 13.0. The minimum absolute atomic E-state index is 0.00836. The maximum Gasteiger partial charge on any atom is 0.287 e. The Bertz CT molecular complexity index is 1490. The van der Waals surface area contributed by atoms with Gasteiger partial charge in [0.1, 0.15) is 17.2 Å². The third kappa shape index (κ3) is 6.91. The molecule has 0 atom stereocenters. The summed E-state index contributed by atoms with van der Waals surface area (Å²) in [6.07, 6.45) is 2.93. The topological polar surface area (TPSA) is 86.9 Å². The first-order valence-corrected chi connectivity index (χ1v) is 12.3. The third-order valence-electron chi connectivity index (χ3n) is 5.45. The van der Waals surface area contributed by atoms with Gasteiger partial charge in [0.05, 0.1) is 16.8 Å². The summed E-state index contributed by atoms with van der Waals surface area (Å²) in [7, 11) is 3.87. The Balaban J connectivity index is 1.52. The number of hydrogen-bond acceptors (Lipinski definition) is 5. The van der Waals surface area contributed by atoms with Crippen LogP contribution < -0.4 is 15.6 Å². The van der Waals surface area contributed by atoms with Crippen LogP contribution >= 0.6 is 23.2 Å².